The number of isothiocyanates is 2. The number of hydrogen-bond acceptors (Lipinski definition) is 5. The molecule has 0 amide bonds. The van der Waals surface area contributed by atoms with E-state index >= 15 is 0 Å². The minimum absolute atomic E-state index is 0. The summed E-state index contributed by atoms with van der Waals surface area (Å²) in [5.74, 6) is 0. The van der Waals surface area contributed by atoms with Crippen molar-refractivity contribution < 1.29 is 17.1 Å². The predicted molar refractivity (Wildman–Crippen MR) is 118 cm³/mol. The summed E-state index contributed by atoms with van der Waals surface area (Å²) in [6.07, 6.45) is 0. The maximum atomic E-state index is 7.13. The Hall–Kier alpha value is -2.31. The molecule has 0 saturated heterocycles. The number of thiocarbonyl (C=S) groups is 2. The molecule has 0 aromatic carbocycles. The molecular weight excluding hydrogens is 454 g/mol. The first-order chi connectivity index (χ1) is 13.3. The Morgan fingerprint density at radius 3 is 1.45 bits per heavy atom. The first kappa shape index (κ1) is 26.7. The van der Waals surface area contributed by atoms with Crippen LogP contribution >= 0.6 is 24.4 Å². The summed E-state index contributed by atoms with van der Waals surface area (Å²) in [6.45, 7) is 9.56. The monoisotopic (exact) mass is 474 g/mol. The summed E-state index contributed by atoms with van der Waals surface area (Å²) < 4.78 is 3.98. The van der Waals surface area contributed by atoms with E-state index in [2.05, 4.69) is 66.7 Å². The molecule has 3 heterocycles. The Kier molecular flexibility index (Phi) is 12.7. The Morgan fingerprint density at radius 1 is 0.828 bits per heavy atom. The Bertz CT molecular complexity index is 907. The van der Waals surface area contributed by atoms with Crippen molar-refractivity contribution in [2.75, 3.05) is 0 Å². The predicted octanol–water partition coefficient (Wildman–Crippen LogP) is 4.12. The van der Waals surface area contributed by atoms with Crippen LogP contribution in [-0.4, -0.2) is 34.9 Å². The van der Waals surface area contributed by atoms with E-state index in [9.17, 15) is 0 Å². The van der Waals surface area contributed by atoms with Crippen molar-refractivity contribution >= 4 is 34.8 Å². The minimum Gasteiger partial charge on any atom is -0.753 e. The van der Waals surface area contributed by atoms with Crippen molar-refractivity contribution in [1.82, 2.24) is 24.5 Å². The molecule has 0 bridgehead atoms. The van der Waals surface area contributed by atoms with E-state index in [1.165, 1.54) is 10.3 Å². The molecule has 0 aliphatic heterocycles. The Morgan fingerprint density at radius 2 is 1.17 bits per heavy atom. The molecule has 3 rings (SSSR count). The van der Waals surface area contributed by atoms with E-state index in [0.717, 1.165) is 34.2 Å². The van der Waals surface area contributed by atoms with Gasteiger partial charge in [-0.1, -0.05) is 30.5 Å². The van der Waals surface area contributed by atoms with Gasteiger partial charge in [-0.05, 0) is 52.0 Å². The zero-order valence-corrected chi connectivity index (χ0v) is 19.1. The molecule has 29 heavy (non-hydrogen) atoms. The third kappa shape index (κ3) is 9.15. The number of pyridine rings is 1. The smallest absolute Gasteiger partial charge is 0.753 e. The largest absolute Gasteiger partial charge is 2.00 e. The van der Waals surface area contributed by atoms with Gasteiger partial charge in [0.15, 0.2) is 0 Å². The molecule has 0 aliphatic carbocycles. The molecular formula is C19H21CuN7S2. The van der Waals surface area contributed by atoms with E-state index in [4.69, 9.17) is 15.8 Å². The molecule has 0 N–H and O–H groups in total. The topological polar surface area (TPSA) is 93.1 Å². The van der Waals surface area contributed by atoms with Crippen LogP contribution in [0.1, 0.15) is 34.2 Å². The van der Waals surface area contributed by atoms with Gasteiger partial charge in [0.25, 0.3) is 0 Å². The number of aryl methyl sites for hydroxylation is 4. The molecule has 0 fully saturated rings. The molecule has 0 atom stereocenters. The normalized spacial score (nSPS) is 8.97. The fraction of sp³-hybridized carbons (Fsp3) is 0.316. The van der Waals surface area contributed by atoms with Crippen LogP contribution in [0, 0.1) is 27.7 Å². The second kappa shape index (κ2) is 13.8. The first-order valence-electron chi connectivity index (χ1n) is 8.34. The molecule has 155 valence electrons. The standard InChI is InChI=1S/C17H21N5.2CNS.Cu/c1-12-8-14(3)21(19-12)10-16-6-5-7-17(18-16)11-22-15(4)9-13(2)20-22;2*2-1-3;/h5-9H,10-11H2,1-4H3;;;/q;2*-1;+2. The maximum Gasteiger partial charge on any atom is 2.00 e. The van der Waals surface area contributed by atoms with Crippen LogP contribution in [0.25, 0.3) is 10.8 Å². The van der Waals surface area contributed by atoms with E-state index in [1.54, 1.807) is 0 Å². The molecule has 0 spiro atoms. The molecule has 3 aromatic heterocycles. The average molecular weight is 475 g/mol. The van der Waals surface area contributed by atoms with Gasteiger partial charge in [-0.2, -0.15) is 20.5 Å². The number of hydrogen-bond donors (Lipinski definition) is 0. The van der Waals surface area contributed by atoms with Gasteiger partial charge in [-0.25, -0.2) is 0 Å². The van der Waals surface area contributed by atoms with Gasteiger partial charge in [0.05, 0.1) is 35.9 Å². The number of rotatable bonds is 4. The zero-order valence-electron chi connectivity index (χ0n) is 16.5. The van der Waals surface area contributed by atoms with Crippen LogP contribution in [0.2, 0.25) is 0 Å². The van der Waals surface area contributed by atoms with Crippen molar-refractivity contribution in [2.24, 2.45) is 0 Å². The van der Waals surface area contributed by atoms with Gasteiger partial charge in [-0.3, -0.25) is 14.3 Å². The number of aromatic nitrogens is 5. The molecule has 0 unspecified atom stereocenters. The van der Waals surface area contributed by atoms with E-state index in [1.807, 2.05) is 35.3 Å². The summed E-state index contributed by atoms with van der Waals surface area (Å²) in [5, 5.41) is 25.9. The average Bonchev–Trinajstić information content (AvgIpc) is 3.09. The third-order valence-electron chi connectivity index (χ3n) is 3.69. The summed E-state index contributed by atoms with van der Waals surface area (Å²) in [5.41, 5.74) is 6.43. The maximum absolute atomic E-state index is 7.13. The summed E-state index contributed by atoms with van der Waals surface area (Å²) in [7, 11) is 0. The van der Waals surface area contributed by atoms with Crippen molar-refractivity contribution in [3.05, 3.63) is 75.3 Å². The fourth-order valence-electron chi connectivity index (χ4n) is 2.68. The van der Waals surface area contributed by atoms with Crippen LogP contribution in [0.4, 0.5) is 0 Å². The van der Waals surface area contributed by atoms with Crippen molar-refractivity contribution in [2.45, 2.75) is 40.8 Å². The van der Waals surface area contributed by atoms with Crippen LogP contribution in [0.15, 0.2) is 30.3 Å². The zero-order chi connectivity index (χ0) is 21.1. The SMILES string of the molecule is Cc1cc(C)n(Cc2cccc(Cn3nc(C)cc3C)n2)n1.[Cu+2].[N-]=C=S.[N-]=C=S. The molecule has 10 heteroatoms. The summed E-state index contributed by atoms with van der Waals surface area (Å²) in [6, 6.07) is 10.3. The summed E-state index contributed by atoms with van der Waals surface area (Å²) in [4.78, 5) is 4.74. The van der Waals surface area contributed by atoms with Gasteiger partial charge in [0.2, 0.25) is 0 Å². The van der Waals surface area contributed by atoms with Gasteiger partial charge < -0.3 is 10.8 Å². The van der Waals surface area contributed by atoms with Crippen molar-refractivity contribution in [1.29, 1.82) is 0 Å². The molecule has 1 radical (unpaired) electrons. The Balaban J connectivity index is 0.00000100. The molecule has 3 aromatic rings. The fourth-order valence-corrected chi connectivity index (χ4v) is 2.68. The first-order valence-corrected chi connectivity index (χ1v) is 9.15. The van der Waals surface area contributed by atoms with Crippen LogP contribution < -0.4 is 0 Å². The molecule has 0 saturated carbocycles. The van der Waals surface area contributed by atoms with Gasteiger partial charge in [-0.15, -0.1) is 0 Å². The third-order valence-corrected chi connectivity index (χ3v) is 3.69. The molecule has 0 aliphatic rings. The van der Waals surface area contributed by atoms with E-state index in [0.29, 0.717) is 13.1 Å². The van der Waals surface area contributed by atoms with E-state index < -0.39 is 0 Å². The van der Waals surface area contributed by atoms with Crippen LogP contribution in [0.3, 0.4) is 0 Å². The van der Waals surface area contributed by atoms with Gasteiger partial charge in [0, 0.05) is 11.4 Å². The second-order valence-electron chi connectivity index (χ2n) is 5.97. The second-order valence-corrected chi connectivity index (χ2v) is 6.34. The van der Waals surface area contributed by atoms with Crippen LogP contribution in [-0.2, 0) is 30.2 Å². The van der Waals surface area contributed by atoms with Crippen molar-refractivity contribution in [3.63, 3.8) is 0 Å². The minimum atomic E-state index is 0. The van der Waals surface area contributed by atoms with E-state index in [-0.39, 0.29) is 17.1 Å². The van der Waals surface area contributed by atoms with Crippen LogP contribution in [0.5, 0.6) is 0 Å². The number of nitrogens with zero attached hydrogens (tertiary/aromatic N) is 7. The molecule has 7 nitrogen and oxygen atoms in total. The summed E-state index contributed by atoms with van der Waals surface area (Å²) >= 11 is 7.40. The van der Waals surface area contributed by atoms with Crippen molar-refractivity contribution in [3.8, 4) is 0 Å². The quantitative estimate of drug-likeness (QED) is 0.322. The Labute approximate surface area is 192 Å². The van der Waals surface area contributed by atoms with Gasteiger partial charge in [0.1, 0.15) is 0 Å². The van der Waals surface area contributed by atoms with Gasteiger partial charge >= 0.3 is 17.1 Å².